The molecular formula is C14H19ClN6O. The number of likely N-dealkylation sites (tertiary alicyclic amines) is 1. The van der Waals surface area contributed by atoms with E-state index in [1.54, 1.807) is 15.7 Å². The Labute approximate surface area is 133 Å². The first-order valence-corrected chi connectivity index (χ1v) is 7.72. The second kappa shape index (κ2) is 5.72. The summed E-state index contributed by atoms with van der Waals surface area (Å²) in [6, 6.07) is -0.390. The van der Waals surface area contributed by atoms with E-state index in [4.69, 9.17) is 11.6 Å². The van der Waals surface area contributed by atoms with Gasteiger partial charge in [0.05, 0.1) is 11.7 Å². The molecule has 0 aliphatic carbocycles. The molecule has 118 valence electrons. The minimum Gasteiger partial charge on any atom is -0.334 e. The van der Waals surface area contributed by atoms with Gasteiger partial charge in [0.25, 0.3) is 0 Å². The lowest BCUT2D eigenvalue weighted by atomic mass is 10.1. The summed E-state index contributed by atoms with van der Waals surface area (Å²) in [6.45, 7) is 4.50. The predicted molar refractivity (Wildman–Crippen MR) is 81.4 cm³/mol. The molecule has 0 N–H and O–H groups in total. The molecule has 2 aromatic heterocycles. The average Bonchev–Trinajstić information content (AvgIpc) is 3.20. The Kier molecular flexibility index (Phi) is 3.90. The largest absolute Gasteiger partial charge is 0.334 e. The number of rotatable bonds is 3. The molecule has 2 aromatic rings. The van der Waals surface area contributed by atoms with Gasteiger partial charge in [0.2, 0.25) is 5.91 Å². The molecule has 0 radical (unpaired) electrons. The zero-order valence-corrected chi connectivity index (χ0v) is 13.7. The maximum Gasteiger partial charge on any atom is 0.247 e. The van der Waals surface area contributed by atoms with Gasteiger partial charge in [-0.15, -0.1) is 0 Å². The van der Waals surface area contributed by atoms with E-state index in [0.717, 1.165) is 30.6 Å². The number of carbonyl (C=O) groups excluding carboxylic acids is 1. The molecule has 0 spiro atoms. The molecule has 1 aliphatic rings. The summed E-state index contributed by atoms with van der Waals surface area (Å²) in [6.07, 6.45) is 4.87. The third-order valence-corrected chi connectivity index (χ3v) is 4.70. The Morgan fingerprint density at radius 1 is 1.50 bits per heavy atom. The highest BCUT2D eigenvalue weighted by atomic mass is 35.5. The van der Waals surface area contributed by atoms with E-state index in [1.165, 1.54) is 6.33 Å². The number of hydrogen-bond acceptors (Lipinski definition) is 4. The molecule has 1 fully saturated rings. The van der Waals surface area contributed by atoms with Gasteiger partial charge < -0.3 is 4.90 Å². The molecule has 1 aliphatic heterocycles. The van der Waals surface area contributed by atoms with E-state index in [1.807, 2.05) is 25.8 Å². The van der Waals surface area contributed by atoms with Gasteiger partial charge in [0.15, 0.2) is 0 Å². The summed E-state index contributed by atoms with van der Waals surface area (Å²) in [7, 11) is 1.82. The van der Waals surface area contributed by atoms with Crippen LogP contribution in [-0.2, 0) is 11.8 Å². The Balaban J connectivity index is 1.88. The van der Waals surface area contributed by atoms with Gasteiger partial charge in [0, 0.05) is 19.2 Å². The van der Waals surface area contributed by atoms with Gasteiger partial charge in [-0.2, -0.15) is 10.2 Å². The van der Waals surface area contributed by atoms with E-state index in [9.17, 15) is 4.79 Å². The van der Waals surface area contributed by atoms with Crippen LogP contribution >= 0.6 is 11.6 Å². The van der Waals surface area contributed by atoms with Gasteiger partial charge in [-0.1, -0.05) is 11.6 Å². The summed E-state index contributed by atoms with van der Waals surface area (Å²) in [5.41, 5.74) is 1.84. The smallest absolute Gasteiger partial charge is 0.247 e. The normalized spacial score (nSPS) is 19.6. The third kappa shape index (κ3) is 2.39. The van der Waals surface area contributed by atoms with Crippen molar-refractivity contribution >= 4 is 17.5 Å². The standard InChI is InChI=1S/C14H19ClN6O/c1-9-12(13(15)19(3)18-9)11-5-4-6-20(11)14(22)10(2)21-8-16-7-17-21/h7-8,10-11H,4-6H2,1-3H3/t10-,11-/m0/s1. The molecule has 0 aromatic carbocycles. The molecule has 7 nitrogen and oxygen atoms in total. The molecule has 0 unspecified atom stereocenters. The molecule has 1 saturated heterocycles. The maximum absolute atomic E-state index is 12.8. The number of halogens is 1. The minimum atomic E-state index is -0.376. The van der Waals surface area contributed by atoms with Crippen LogP contribution in [-0.4, -0.2) is 41.9 Å². The first-order chi connectivity index (χ1) is 10.5. The highest BCUT2D eigenvalue weighted by Crippen LogP contribution is 2.38. The number of aromatic nitrogens is 5. The Morgan fingerprint density at radius 2 is 2.27 bits per heavy atom. The predicted octanol–water partition coefficient (Wildman–Crippen LogP) is 1.90. The molecule has 0 saturated carbocycles. The van der Waals surface area contributed by atoms with Crippen LogP contribution in [0.15, 0.2) is 12.7 Å². The van der Waals surface area contributed by atoms with Crippen molar-refractivity contribution in [3.05, 3.63) is 29.1 Å². The Bertz CT molecular complexity index is 680. The summed E-state index contributed by atoms with van der Waals surface area (Å²) >= 11 is 6.38. The number of carbonyl (C=O) groups is 1. The lowest BCUT2D eigenvalue weighted by molar-refractivity contribution is -0.135. The second-order valence-corrected chi connectivity index (χ2v) is 6.01. The summed E-state index contributed by atoms with van der Waals surface area (Å²) < 4.78 is 3.24. The van der Waals surface area contributed by atoms with Crippen LogP contribution in [0, 0.1) is 6.92 Å². The topological polar surface area (TPSA) is 68.8 Å². The fraction of sp³-hybridized carbons (Fsp3) is 0.571. The first kappa shape index (κ1) is 15.0. The first-order valence-electron chi connectivity index (χ1n) is 7.34. The molecule has 0 bridgehead atoms. The highest BCUT2D eigenvalue weighted by molar-refractivity contribution is 6.30. The number of aryl methyl sites for hydroxylation is 2. The molecular weight excluding hydrogens is 304 g/mol. The van der Waals surface area contributed by atoms with Crippen molar-refractivity contribution in [2.24, 2.45) is 7.05 Å². The Hall–Kier alpha value is -1.89. The maximum atomic E-state index is 12.8. The van der Waals surface area contributed by atoms with Crippen molar-refractivity contribution < 1.29 is 4.79 Å². The van der Waals surface area contributed by atoms with Crippen LogP contribution in [0.4, 0.5) is 0 Å². The van der Waals surface area contributed by atoms with Gasteiger partial charge in [-0.3, -0.25) is 9.48 Å². The van der Waals surface area contributed by atoms with E-state index in [-0.39, 0.29) is 18.0 Å². The Morgan fingerprint density at radius 3 is 2.86 bits per heavy atom. The monoisotopic (exact) mass is 322 g/mol. The van der Waals surface area contributed by atoms with Gasteiger partial charge in [0.1, 0.15) is 23.8 Å². The fourth-order valence-corrected chi connectivity index (χ4v) is 3.43. The van der Waals surface area contributed by atoms with Crippen molar-refractivity contribution in [1.29, 1.82) is 0 Å². The van der Waals surface area contributed by atoms with Crippen molar-refractivity contribution in [1.82, 2.24) is 29.4 Å². The molecule has 8 heteroatoms. The molecule has 3 rings (SSSR count). The number of nitrogens with zero attached hydrogens (tertiary/aromatic N) is 6. The van der Waals surface area contributed by atoms with Crippen LogP contribution in [0.25, 0.3) is 0 Å². The van der Waals surface area contributed by atoms with E-state index >= 15 is 0 Å². The number of hydrogen-bond donors (Lipinski definition) is 0. The van der Waals surface area contributed by atoms with Crippen LogP contribution in [0.1, 0.15) is 43.1 Å². The van der Waals surface area contributed by atoms with E-state index in [2.05, 4.69) is 15.2 Å². The molecule has 22 heavy (non-hydrogen) atoms. The summed E-state index contributed by atoms with van der Waals surface area (Å²) in [5, 5.41) is 9.03. The zero-order chi connectivity index (χ0) is 15.9. The van der Waals surface area contributed by atoms with Crippen molar-refractivity contribution in [2.75, 3.05) is 6.54 Å². The molecule has 3 heterocycles. The van der Waals surface area contributed by atoms with Crippen LogP contribution in [0.2, 0.25) is 5.15 Å². The number of amides is 1. The van der Waals surface area contributed by atoms with E-state index in [0.29, 0.717) is 5.15 Å². The zero-order valence-electron chi connectivity index (χ0n) is 12.9. The van der Waals surface area contributed by atoms with Gasteiger partial charge in [-0.25, -0.2) is 9.67 Å². The van der Waals surface area contributed by atoms with Crippen molar-refractivity contribution in [2.45, 2.75) is 38.8 Å². The summed E-state index contributed by atoms with van der Waals surface area (Å²) in [4.78, 5) is 18.6. The minimum absolute atomic E-state index is 0.0142. The second-order valence-electron chi connectivity index (χ2n) is 5.65. The van der Waals surface area contributed by atoms with Crippen molar-refractivity contribution in [3.63, 3.8) is 0 Å². The average molecular weight is 323 g/mol. The quantitative estimate of drug-likeness (QED) is 0.865. The van der Waals surface area contributed by atoms with Crippen LogP contribution < -0.4 is 0 Å². The van der Waals surface area contributed by atoms with Crippen LogP contribution in [0.3, 0.4) is 0 Å². The van der Waals surface area contributed by atoms with Crippen molar-refractivity contribution in [3.8, 4) is 0 Å². The molecule has 1 amide bonds. The van der Waals surface area contributed by atoms with Gasteiger partial charge >= 0.3 is 0 Å². The summed E-state index contributed by atoms with van der Waals surface area (Å²) in [5.74, 6) is 0.0346. The van der Waals surface area contributed by atoms with Gasteiger partial charge in [-0.05, 0) is 26.7 Å². The van der Waals surface area contributed by atoms with Crippen LogP contribution in [0.5, 0.6) is 0 Å². The SMILES string of the molecule is Cc1nn(C)c(Cl)c1[C@@H]1CCCN1C(=O)[C@H](C)n1cncn1. The highest BCUT2D eigenvalue weighted by Gasteiger charge is 2.36. The fourth-order valence-electron chi connectivity index (χ4n) is 3.13. The third-order valence-electron chi connectivity index (χ3n) is 4.26. The lowest BCUT2D eigenvalue weighted by Gasteiger charge is -2.27. The molecule has 2 atom stereocenters. The van der Waals surface area contributed by atoms with E-state index < -0.39 is 0 Å². The lowest BCUT2D eigenvalue weighted by Crippen LogP contribution is -2.36.